The van der Waals surface area contributed by atoms with Gasteiger partial charge in [-0.3, -0.25) is 4.79 Å². The van der Waals surface area contributed by atoms with E-state index in [1.807, 2.05) is 0 Å². The van der Waals surface area contributed by atoms with E-state index in [9.17, 15) is 18.0 Å². The van der Waals surface area contributed by atoms with Gasteiger partial charge in [0.25, 0.3) is 0 Å². The highest BCUT2D eigenvalue weighted by Crippen LogP contribution is 2.38. The number of amides is 1. The second kappa shape index (κ2) is 6.95. The summed E-state index contributed by atoms with van der Waals surface area (Å²) in [5.41, 5.74) is 3.98. The van der Waals surface area contributed by atoms with Gasteiger partial charge in [0, 0.05) is 5.92 Å². The molecule has 20 heavy (non-hydrogen) atoms. The lowest BCUT2D eigenvalue weighted by Crippen LogP contribution is -2.23. The minimum Gasteiger partial charge on any atom is -0.330 e. The van der Waals surface area contributed by atoms with E-state index in [1.54, 1.807) is 6.92 Å². The zero-order chi connectivity index (χ0) is 15.3. The summed E-state index contributed by atoms with van der Waals surface area (Å²) in [6, 6.07) is 3.38. The van der Waals surface area contributed by atoms with Crippen LogP contribution in [0.15, 0.2) is 18.2 Å². The van der Waals surface area contributed by atoms with E-state index in [0.29, 0.717) is 19.4 Å². The van der Waals surface area contributed by atoms with Crippen molar-refractivity contribution in [2.45, 2.75) is 25.9 Å². The van der Waals surface area contributed by atoms with E-state index in [1.165, 1.54) is 12.1 Å². The molecule has 0 fully saturated rings. The third kappa shape index (κ3) is 4.38. The topological polar surface area (TPSA) is 55.1 Å². The number of carbonyl (C=O) groups is 1. The number of halogens is 4. The van der Waals surface area contributed by atoms with Crippen LogP contribution in [0.1, 0.15) is 25.3 Å². The minimum atomic E-state index is -4.58. The second-order valence-electron chi connectivity index (χ2n) is 4.48. The van der Waals surface area contributed by atoms with Gasteiger partial charge >= 0.3 is 6.18 Å². The summed E-state index contributed by atoms with van der Waals surface area (Å²) in [7, 11) is 0. The number of nitrogens with one attached hydrogen (secondary N) is 1. The lowest BCUT2D eigenvalue weighted by Gasteiger charge is -2.17. The Kier molecular flexibility index (Phi) is 5.83. The molecule has 1 unspecified atom stereocenters. The van der Waals surface area contributed by atoms with Crippen molar-refractivity contribution in [3.05, 3.63) is 28.8 Å². The lowest BCUT2D eigenvalue weighted by atomic mass is 10.0. The Labute approximate surface area is 120 Å². The van der Waals surface area contributed by atoms with Crippen LogP contribution in [0.4, 0.5) is 18.9 Å². The van der Waals surface area contributed by atoms with Gasteiger partial charge < -0.3 is 11.1 Å². The maximum absolute atomic E-state index is 12.9. The molecular formula is C13H16ClF3N2O. The van der Waals surface area contributed by atoms with Crippen LogP contribution in [0.5, 0.6) is 0 Å². The molecule has 1 aromatic rings. The first-order valence-corrected chi connectivity index (χ1v) is 6.51. The molecule has 0 aliphatic rings. The molecule has 0 aliphatic carbocycles. The summed E-state index contributed by atoms with van der Waals surface area (Å²) in [4.78, 5) is 11.9. The molecule has 3 nitrogen and oxygen atoms in total. The number of alkyl halides is 3. The summed E-state index contributed by atoms with van der Waals surface area (Å²) in [6.45, 7) is 2.06. The van der Waals surface area contributed by atoms with Crippen LogP contribution >= 0.6 is 11.6 Å². The van der Waals surface area contributed by atoms with Crippen LogP contribution in [0.3, 0.4) is 0 Å². The van der Waals surface area contributed by atoms with E-state index in [4.69, 9.17) is 17.3 Å². The van der Waals surface area contributed by atoms with Crippen molar-refractivity contribution in [1.29, 1.82) is 0 Å². The predicted octanol–water partition coefficient (Wildman–Crippen LogP) is 3.67. The number of rotatable bonds is 5. The first-order valence-electron chi connectivity index (χ1n) is 6.14. The molecule has 3 N–H and O–H groups in total. The fraction of sp³-hybridized carbons (Fsp3) is 0.462. The van der Waals surface area contributed by atoms with Crippen molar-refractivity contribution >= 4 is 23.2 Å². The number of nitrogens with two attached hydrogens (primary N) is 1. The summed E-state index contributed by atoms with van der Waals surface area (Å²) < 4.78 is 38.6. The molecule has 0 bridgehead atoms. The molecule has 0 aliphatic heterocycles. The Bertz CT molecular complexity index is 477. The number of carbonyl (C=O) groups excluding carboxylic acids is 1. The number of para-hydroxylation sites is 1. The monoisotopic (exact) mass is 308 g/mol. The fourth-order valence-electron chi connectivity index (χ4n) is 1.69. The Hall–Kier alpha value is -1.27. The highest BCUT2D eigenvalue weighted by atomic mass is 35.5. The van der Waals surface area contributed by atoms with Crippen LogP contribution in [0.2, 0.25) is 5.02 Å². The first-order chi connectivity index (χ1) is 9.27. The van der Waals surface area contributed by atoms with Gasteiger partial charge in [0.15, 0.2) is 0 Å². The van der Waals surface area contributed by atoms with Crippen LogP contribution in [-0.4, -0.2) is 12.5 Å². The molecular weight excluding hydrogens is 293 g/mol. The Morgan fingerprint density at radius 1 is 1.45 bits per heavy atom. The molecule has 1 aromatic carbocycles. The number of benzene rings is 1. The van der Waals surface area contributed by atoms with Crippen molar-refractivity contribution in [3.63, 3.8) is 0 Å². The number of hydrogen-bond donors (Lipinski definition) is 2. The summed E-state index contributed by atoms with van der Waals surface area (Å²) in [5.74, 6) is -0.937. The molecule has 1 amide bonds. The largest absolute Gasteiger partial charge is 0.418 e. The SMILES string of the molecule is CC(CCCN)C(=O)Nc1c(Cl)cccc1C(F)(F)F. The van der Waals surface area contributed by atoms with Gasteiger partial charge in [0.2, 0.25) is 5.91 Å². The van der Waals surface area contributed by atoms with Crippen LogP contribution in [-0.2, 0) is 11.0 Å². The van der Waals surface area contributed by atoms with Crippen molar-refractivity contribution in [3.8, 4) is 0 Å². The highest BCUT2D eigenvalue weighted by molar-refractivity contribution is 6.34. The number of anilines is 1. The van der Waals surface area contributed by atoms with Gasteiger partial charge in [0.1, 0.15) is 0 Å². The standard InChI is InChI=1S/C13H16ClF3N2O/c1-8(4-3-7-18)12(20)19-11-9(13(15,16)17)5-2-6-10(11)14/h2,5-6,8H,3-4,7,18H2,1H3,(H,19,20). The fourth-order valence-corrected chi connectivity index (χ4v) is 1.91. The zero-order valence-corrected chi connectivity index (χ0v) is 11.7. The quantitative estimate of drug-likeness (QED) is 0.872. The van der Waals surface area contributed by atoms with Crippen LogP contribution < -0.4 is 11.1 Å². The lowest BCUT2D eigenvalue weighted by molar-refractivity contribution is -0.137. The average Bonchev–Trinajstić information content (AvgIpc) is 2.36. The zero-order valence-electron chi connectivity index (χ0n) is 10.9. The molecule has 0 aromatic heterocycles. The summed E-state index contributed by atoms with van der Waals surface area (Å²) >= 11 is 5.75. The van der Waals surface area contributed by atoms with E-state index >= 15 is 0 Å². The minimum absolute atomic E-state index is 0.140. The Balaban J connectivity index is 2.94. The number of hydrogen-bond acceptors (Lipinski definition) is 2. The summed E-state index contributed by atoms with van der Waals surface area (Å²) in [5, 5.41) is 2.12. The molecule has 0 saturated carbocycles. The van der Waals surface area contributed by atoms with Crippen LogP contribution in [0.25, 0.3) is 0 Å². The molecule has 112 valence electrons. The van der Waals surface area contributed by atoms with E-state index in [2.05, 4.69) is 5.32 Å². The molecule has 7 heteroatoms. The van der Waals surface area contributed by atoms with Gasteiger partial charge in [-0.15, -0.1) is 0 Å². The molecule has 0 heterocycles. The summed E-state index contributed by atoms with van der Waals surface area (Å²) in [6.07, 6.45) is -3.44. The average molecular weight is 309 g/mol. The third-order valence-corrected chi connectivity index (χ3v) is 3.17. The van der Waals surface area contributed by atoms with Crippen molar-refractivity contribution in [2.75, 3.05) is 11.9 Å². The Morgan fingerprint density at radius 2 is 2.10 bits per heavy atom. The van der Waals surface area contributed by atoms with E-state index in [-0.39, 0.29) is 5.02 Å². The van der Waals surface area contributed by atoms with E-state index < -0.39 is 29.3 Å². The molecule has 0 spiro atoms. The third-order valence-electron chi connectivity index (χ3n) is 2.86. The molecule has 1 atom stereocenters. The van der Waals surface area contributed by atoms with Gasteiger partial charge in [-0.2, -0.15) is 13.2 Å². The normalized spacial score (nSPS) is 13.1. The Morgan fingerprint density at radius 3 is 2.65 bits per heavy atom. The highest BCUT2D eigenvalue weighted by Gasteiger charge is 2.35. The van der Waals surface area contributed by atoms with Crippen molar-refractivity contribution in [1.82, 2.24) is 0 Å². The van der Waals surface area contributed by atoms with Gasteiger partial charge in [-0.25, -0.2) is 0 Å². The van der Waals surface area contributed by atoms with Gasteiger partial charge in [0.05, 0.1) is 16.3 Å². The maximum Gasteiger partial charge on any atom is 0.418 e. The van der Waals surface area contributed by atoms with Crippen molar-refractivity contribution < 1.29 is 18.0 Å². The van der Waals surface area contributed by atoms with Crippen molar-refractivity contribution in [2.24, 2.45) is 11.7 Å². The predicted molar refractivity (Wildman–Crippen MR) is 72.5 cm³/mol. The second-order valence-corrected chi connectivity index (χ2v) is 4.89. The van der Waals surface area contributed by atoms with Gasteiger partial charge in [-0.05, 0) is 31.5 Å². The molecule has 0 saturated heterocycles. The molecule has 0 radical (unpaired) electrons. The smallest absolute Gasteiger partial charge is 0.330 e. The van der Waals surface area contributed by atoms with Gasteiger partial charge in [-0.1, -0.05) is 24.6 Å². The first kappa shape index (κ1) is 16.8. The van der Waals surface area contributed by atoms with Crippen LogP contribution in [0, 0.1) is 5.92 Å². The van der Waals surface area contributed by atoms with E-state index in [0.717, 1.165) is 6.07 Å². The maximum atomic E-state index is 12.9. The molecule has 1 rings (SSSR count).